The highest BCUT2D eigenvalue weighted by atomic mass is 19.4. The lowest BCUT2D eigenvalue weighted by molar-refractivity contribution is -0.274. The molecule has 6 fully saturated rings. The van der Waals surface area contributed by atoms with E-state index in [4.69, 9.17) is 20.4 Å². The highest BCUT2D eigenvalue weighted by Gasteiger charge is 2.58. The smallest absolute Gasteiger partial charge is 0.402 e. The van der Waals surface area contributed by atoms with E-state index in [1.165, 1.54) is 12.3 Å². The fourth-order valence-corrected chi connectivity index (χ4v) is 6.21. The number of hydrogen-bond acceptors (Lipinski definition) is 8. The number of ether oxygens (including phenoxy) is 2. The number of alkyl halides is 3. The van der Waals surface area contributed by atoms with E-state index in [2.05, 4.69) is 19.5 Å². The molecule has 2 N–H and O–H groups in total. The van der Waals surface area contributed by atoms with Crippen molar-refractivity contribution < 1.29 is 22.6 Å². The van der Waals surface area contributed by atoms with Gasteiger partial charge in [0.05, 0.1) is 30.6 Å². The van der Waals surface area contributed by atoms with Crippen LogP contribution in [0, 0.1) is 17.8 Å². The highest BCUT2D eigenvalue weighted by molar-refractivity contribution is 5.66. The molecule has 0 spiro atoms. The zero-order valence-electron chi connectivity index (χ0n) is 18.4. The van der Waals surface area contributed by atoms with Crippen LogP contribution in [0.1, 0.15) is 24.5 Å². The summed E-state index contributed by atoms with van der Waals surface area (Å²) in [6, 6.07) is 4.17. The summed E-state index contributed by atoms with van der Waals surface area (Å²) in [4.78, 5) is 18.5. The van der Waals surface area contributed by atoms with Crippen molar-refractivity contribution in [2.45, 2.75) is 37.2 Å². The maximum atomic E-state index is 12.8. The molecule has 0 radical (unpaired) electrons. The van der Waals surface area contributed by atoms with Gasteiger partial charge in [0.2, 0.25) is 5.95 Å². The van der Waals surface area contributed by atoms with Gasteiger partial charge < -0.3 is 20.1 Å². The number of nitrogens with two attached hydrogens (primary N) is 1. The molecule has 6 aliphatic rings. The SMILES string of the molecule is Nc1ncc(-c2cc(C3C4CN(C5COC5)C[C@H]43)nc(N3CC4CC3C4)n2)cc1OC(F)(F)F. The molecule has 2 saturated carbocycles. The van der Waals surface area contributed by atoms with E-state index in [1.54, 1.807) is 0 Å². The Morgan fingerprint density at radius 3 is 2.41 bits per heavy atom. The molecule has 8 rings (SSSR count). The summed E-state index contributed by atoms with van der Waals surface area (Å²) in [5.74, 6) is 1.98. The molecule has 8 nitrogen and oxygen atoms in total. The fourth-order valence-electron chi connectivity index (χ4n) is 6.21. The normalized spacial score (nSPS) is 32.3. The zero-order chi connectivity index (χ0) is 23.2. The van der Waals surface area contributed by atoms with E-state index in [0.717, 1.165) is 51.4 Å². The molecule has 2 bridgehead atoms. The quantitative estimate of drug-likeness (QED) is 0.708. The molecule has 4 aliphatic heterocycles. The number of aromatic nitrogens is 3. The van der Waals surface area contributed by atoms with Gasteiger partial charge in [0.1, 0.15) is 0 Å². The van der Waals surface area contributed by atoms with Gasteiger partial charge in [-0.05, 0) is 42.7 Å². The Labute approximate surface area is 194 Å². The number of pyridine rings is 1. The van der Waals surface area contributed by atoms with E-state index < -0.39 is 12.1 Å². The van der Waals surface area contributed by atoms with E-state index >= 15 is 0 Å². The number of anilines is 2. The summed E-state index contributed by atoms with van der Waals surface area (Å²) < 4.78 is 48.0. The molecule has 180 valence electrons. The monoisotopic (exact) mass is 474 g/mol. The largest absolute Gasteiger partial charge is 0.573 e. The van der Waals surface area contributed by atoms with E-state index in [1.807, 2.05) is 6.07 Å². The molecule has 6 heterocycles. The Balaban J connectivity index is 1.22. The molecule has 2 unspecified atom stereocenters. The lowest BCUT2D eigenvalue weighted by atomic mass is 9.86. The third kappa shape index (κ3) is 3.39. The van der Waals surface area contributed by atoms with Crippen molar-refractivity contribution in [3.8, 4) is 17.0 Å². The van der Waals surface area contributed by atoms with Crippen molar-refractivity contribution >= 4 is 11.8 Å². The van der Waals surface area contributed by atoms with E-state index in [9.17, 15) is 13.2 Å². The first-order chi connectivity index (χ1) is 16.3. The summed E-state index contributed by atoms with van der Waals surface area (Å²) in [6.07, 6.45) is -1.09. The maximum absolute atomic E-state index is 12.8. The van der Waals surface area contributed by atoms with Crippen LogP contribution < -0.4 is 15.4 Å². The van der Waals surface area contributed by atoms with Gasteiger partial charge in [-0.3, -0.25) is 4.90 Å². The second-order valence-corrected chi connectivity index (χ2v) is 10.3. The van der Waals surface area contributed by atoms with Crippen LogP contribution in [0.3, 0.4) is 0 Å². The molecule has 2 aromatic rings. The predicted molar refractivity (Wildman–Crippen MR) is 116 cm³/mol. The molecule has 11 heteroatoms. The third-order valence-corrected chi connectivity index (χ3v) is 8.20. The van der Waals surface area contributed by atoms with Crippen molar-refractivity contribution in [1.29, 1.82) is 0 Å². The number of piperidine rings is 1. The first-order valence-corrected chi connectivity index (χ1v) is 11.8. The van der Waals surface area contributed by atoms with Gasteiger partial charge in [-0.2, -0.15) is 0 Å². The molecule has 3 atom stereocenters. The van der Waals surface area contributed by atoms with Crippen LogP contribution in [0.4, 0.5) is 24.9 Å². The molecule has 0 aromatic carbocycles. The van der Waals surface area contributed by atoms with Crippen molar-refractivity contribution in [2.24, 2.45) is 17.8 Å². The first kappa shape index (κ1) is 20.7. The summed E-state index contributed by atoms with van der Waals surface area (Å²) in [7, 11) is 0. The highest BCUT2D eigenvalue weighted by Crippen LogP contribution is 2.58. The fraction of sp³-hybridized carbons (Fsp3) is 0.609. The van der Waals surface area contributed by atoms with Crippen molar-refractivity contribution in [3.63, 3.8) is 0 Å². The Bertz CT molecular complexity index is 1120. The van der Waals surface area contributed by atoms with Crippen LogP contribution in [-0.4, -0.2) is 71.1 Å². The van der Waals surface area contributed by atoms with Gasteiger partial charge in [0, 0.05) is 43.4 Å². The topological polar surface area (TPSA) is 89.6 Å². The number of rotatable bonds is 5. The van der Waals surface area contributed by atoms with E-state index in [-0.39, 0.29) is 5.82 Å². The summed E-state index contributed by atoms with van der Waals surface area (Å²) in [5.41, 5.74) is 7.60. The van der Waals surface area contributed by atoms with Gasteiger partial charge in [-0.1, -0.05) is 0 Å². The Kier molecular flexibility index (Phi) is 4.37. The van der Waals surface area contributed by atoms with Crippen LogP contribution in [-0.2, 0) is 4.74 Å². The lowest BCUT2D eigenvalue weighted by Gasteiger charge is -2.35. The number of fused-ring (bicyclic) bond motifs is 2. The Morgan fingerprint density at radius 2 is 1.79 bits per heavy atom. The van der Waals surface area contributed by atoms with Crippen molar-refractivity contribution in [2.75, 3.05) is 43.5 Å². The lowest BCUT2D eigenvalue weighted by Crippen LogP contribution is -2.48. The number of hydrogen-bond donors (Lipinski definition) is 1. The van der Waals surface area contributed by atoms with Crippen molar-refractivity contribution in [1.82, 2.24) is 19.9 Å². The minimum absolute atomic E-state index is 0.312. The van der Waals surface area contributed by atoms with Crippen LogP contribution in [0.5, 0.6) is 5.75 Å². The van der Waals surface area contributed by atoms with Gasteiger partial charge in [0.15, 0.2) is 11.6 Å². The molecule has 4 saturated heterocycles. The third-order valence-electron chi connectivity index (χ3n) is 8.20. The first-order valence-electron chi connectivity index (χ1n) is 11.8. The Hall–Kier alpha value is -2.66. The minimum Gasteiger partial charge on any atom is -0.402 e. The summed E-state index contributed by atoms with van der Waals surface area (Å²) in [6.45, 7) is 4.65. The molecular formula is C23H25F3N6O2. The van der Waals surface area contributed by atoms with Crippen LogP contribution >= 0.6 is 0 Å². The molecule has 0 amide bonds. The number of nitrogens with zero attached hydrogens (tertiary/aromatic N) is 5. The van der Waals surface area contributed by atoms with Gasteiger partial charge in [-0.25, -0.2) is 15.0 Å². The van der Waals surface area contributed by atoms with Gasteiger partial charge in [-0.15, -0.1) is 13.2 Å². The zero-order valence-corrected chi connectivity index (χ0v) is 18.4. The standard InChI is InChI=1S/C23H25F3N6O2/c24-23(25,26)34-19-3-12(5-28-21(19)27)17-4-18(30-22(29-17)32-6-11-1-13(32)2-11)20-15-7-31(8-16(15)20)14-9-33-10-14/h3-5,11,13-16,20H,1-2,6-10H2,(H2,27,28)/t11?,13?,15-,16?,20?/m1/s1. The van der Waals surface area contributed by atoms with Crippen LogP contribution in [0.2, 0.25) is 0 Å². The van der Waals surface area contributed by atoms with E-state index in [0.29, 0.717) is 53.0 Å². The Morgan fingerprint density at radius 1 is 1.03 bits per heavy atom. The van der Waals surface area contributed by atoms with Crippen molar-refractivity contribution in [3.05, 3.63) is 24.0 Å². The minimum atomic E-state index is -4.85. The second kappa shape index (κ2) is 7.17. The van der Waals surface area contributed by atoms with Crippen LogP contribution in [0.15, 0.2) is 18.3 Å². The number of nitrogen functional groups attached to an aromatic ring is 1. The summed E-state index contributed by atoms with van der Waals surface area (Å²) >= 11 is 0. The average Bonchev–Trinajstić information content (AvgIpc) is 3.11. The summed E-state index contributed by atoms with van der Waals surface area (Å²) in [5, 5.41) is 0. The molecular weight excluding hydrogens is 449 g/mol. The van der Waals surface area contributed by atoms with Gasteiger partial charge in [0.25, 0.3) is 0 Å². The molecule has 2 aromatic heterocycles. The predicted octanol–water partition coefficient (Wildman–Crippen LogP) is 2.66. The van der Waals surface area contributed by atoms with Gasteiger partial charge >= 0.3 is 6.36 Å². The molecule has 34 heavy (non-hydrogen) atoms. The average molecular weight is 474 g/mol. The number of halogens is 3. The molecule has 2 aliphatic carbocycles. The second-order valence-electron chi connectivity index (χ2n) is 10.3. The maximum Gasteiger partial charge on any atom is 0.573 e. The van der Waals surface area contributed by atoms with Crippen LogP contribution in [0.25, 0.3) is 11.3 Å². The number of likely N-dealkylation sites (tertiary alicyclic amines) is 1.